The molecule has 0 amide bonds. The molecule has 0 aliphatic heterocycles. The minimum Gasteiger partial charge on any atom is -0.493 e. The summed E-state index contributed by atoms with van der Waals surface area (Å²) < 4.78 is 11.4. The van der Waals surface area contributed by atoms with Crippen LogP contribution >= 0.6 is 0 Å². The molecule has 0 aromatic heterocycles. The van der Waals surface area contributed by atoms with Gasteiger partial charge >= 0.3 is 0 Å². The fourth-order valence-electron chi connectivity index (χ4n) is 1.85. The first-order valence-corrected chi connectivity index (χ1v) is 6.68. The molecule has 0 spiro atoms. The Morgan fingerprint density at radius 2 is 1.83 bits per heavy atom. The molecule has 3 nitrogen and oxygen atoms in total. The topological polar surface area (TPSA) is 30.5 Å². The first kappa shape index (κ1) is 14.8. The molecule has 3 heteroatoms. The van der Waals surface area contributed by atoms with E-state index in [2.05, 4.69) is 32.2 Å². The first-order chi connectivity index (χ1) is 8.65. The Balaban J connectivity index is 2.92. The third-order valence-electron chi connectivity index (χ3n) is 3.33. The number of methoxy groups -OCH3 is 1. The van der Waals surface area contributed by atoms with E-state index in [0.717, 1.165) is 24.3 Å². The van der Waals surface area contributed by atoms with E-state index in [1.807, 2.05) is 19.2 Å². The van der Waals surface area contributed by atoms with Crippen molar-refractivity contribution in [2.45, 2.75) is 45.8 Å². The Kier molecular flexibility index (Phi) is 5.99. The van der Waals surface area contributed by atoms with E-state index >= 15 is 0 Å². The van der Waals surface area contributed by atoms with E-state index in [0.29, 0.717) is 6.04 Å². The number of hydrogen-bond acceptors (Lipinski definition) is 3. The van der Waals surface area contributed by atoms with E-state index < -0.39 is 0 Å². The highest BCUT2D eigenvalue weighted by atomic mass is 16.5. The van der Waals surface area contributed by atoms with Gasteiger partial charge in [0.2, 0.25) is 0 Å². The fraction of sp³-hybridized carbons (Fsp3) is 0.600. The molecule has 0 aliphatic rings. The largest absolute Gasteiger partial charge is 0.493 e. The van der Waals surface area contributed by atoms with Crippen LogP contribution in [0.1, 0.15) is 45.2 Å². The van der Waals surface area contributed by atoms with Crippen LogP contribution in [0.2, 0.25) is 0 Å². The molecule has 0 heterocycles. The summed E-state index contributed by atoms with van der Waals surface area (Å²) in [6, 6.07) is 6.43. The van der Waals surface area contributed by atoms with Crippen LogP contribution < -0.4 is 14.8 Å². The second-order valence-corrected chi connectivity index (χ2v) is 4.48. The zero-order valence-corrected chi connectivity index (χ0v) is 12.1. The second-order valence-electron chi connectivity index (χ2n) is 4.48. The van der Waals surface area contributed by atoms with Gasteiger partial charge in [-0.2, -0.15) is 0 Å². The van der Waals surface area contributed by atoms with Crippen LogP contribution in [0.25, 0.3) is 0 Å². The van der Waals surface area contributed by atoms with Gasteiger partial charge in [-0.1, -0.05) is 19.9 Å². The molecule has 1 aromatic carbocycles. The van der Waals surface area contributed by atoms with Crippen LogP contribution in [0.15, 0.2) is 18.2 Å². The standard InChI is InChI=1S/C15H25NO2/c1-6-13(7-2)18-14-9-8-12(11(3)16-4)10-15(14)17-5/h8-11,13,16H,6-7H2,1-5H3. The molecule has 1 N–H and O–H groups in total. The minimum atomic E-state index is 0.256. The average molecular weight is 251 g/mol. The van der Waals surface area contributed by atoms with E-state index in [1.165, 1.54) is 5.56 Å². The van der Waals surface area contributed by atoms with Crippen molar-refractivity contribution in [3.8, 4) is 11.5 Å². The van der Waals surface area contributed by atoms with Crippen molar-refractivity contribution in [2.75, 3.05) is 14.2 Å². The molecule has 1 rings (SSSR count). The Hall–Kier alpha value is -1.22. The summed E-state index contributed by atoms with van der Waals surface area (Å²) in [7, 11) is 3.63. The van der Waals surface area contributed by atoms with Crippen LogP contribution in [-0.4, -0.2) is 20.3 Å². The van der Waals surface area contributed by atoms with Gasteiger partial charge in [0.05, 0.1) is 13.2 Å². The number of hydrogen-bond donors (Lipinski definition) is 1. The van der Waals surface area contributed by atoms with Crippen molar-refractivity contribution in [1.82, 2.24) is 5.32 Å². The molecule has 0 saturated heterocycles. The quantitative estimate of drug-likeness (QED) is 0.804. The molecular weight excluding hydrogens is 226 g/mol. The maximum atomic E-state index is 5.96. The highest BCUT2D eigenvalue weighted by Crippen LogP contribution is 2.31. The lowest BCUT2D eigenvalue weighted by Gasteiger charge is -2.19. The third-order valence-corrected chi connectivity index (χ3v) is 3.33. The molecule has 0 bridgehead atoms. The summed E-state index contributed by atoms with van der Waals surface area (Å²) in [6.07, 6.45) is 2.27. The Morgan fingerprint density at radius 1 is 1.17 bits per heavy atom. The molecule has 1 atom stereocenters. The number of benzene rings is 1. The van der Waals surface area contributed by atoms with Crippen molar-refractivity contribution >= 4 is 0 Å². The van der Waals surface area contributed by atoms with Crippen LogP contribution in [0.5, 0.6) is 11.5 Å². The maximum Gasteiger partial charge on any atom is 0.161 e. The SMILES string of the molecule is CCC(CC)Oc1ccc(C(C)NC)cc1OC. The smallest absolute Gasteiger partial charge is 0.161 e. The lowest BCUT2D eigenvalue weighted by molar-refractivity contribution is 0.185. The lowest BCUT2D eigenvalue weighted by atomic mass is 10.1. The normalized spacial score (nSPS) is 12.6. The highest BCUT2D eigenvalue weighted by Gasteiger charge is 2.12. The predicted octanol–water partition coefficient (Wildman–Crippen LogP) is 3.54. The van der Waals surface area contributed by atoms with Crippen LogP contribution in [0, 0.1) is 0 Å². The summed E-state index contributed by atoms with van der Waals surface area (Å²) in [6.45, 7) is 6.40. The highest BCUT2D eigenvalue weighted by molar-refractivity contribution is 5.43. The van der Waals surface area contributed by atoms with Crippen molar-refractivity contribution in [3.63, 3.8) is 0 Å². The van der Waals surface area contributed by atoms with Gasteiger partial charge in [-0.25, -0.2) is 0 Å². The van der Waals surface area contributed by atoms with Crippen molar-refractivity contribution < 1.29 is 9.47 Å². The van der Waals surface area contributed by atoms with Gasteiger partial charge in [-0.05, 0) is 44.5 Å². The summed E-state index contributed by atoms with van der Waals surface area (Å²) in [5.41, 5.74) is 1.20. The number of nitrogens with one attached hydrogen (secondary N) is 1. The van der Waals surface area contributed by atoms with Gasteiger partial charge < -0.3 is 14.8 Å². The summed E-state index contributed by atoms with van der Waals surface area (Å²) >= 11 is 0. The molecule has 18 heavy (non-hydrogen) atoms. The van der Waals surface area contributed by atoms with Gasteiger partial charge in [0, 0.05) is 6.04 Å². The molecular formula is C15H25NO2. The van der Waals surface area contributed by atoms with Gasteiger partial charge in [-0.3, -0.25) is 0 Å². The molecule has 0 saturated carbocycles. The molecule has 102 valence electrons. The average Bonchev–Trinajstić information content (AvgIpc) is 2.43. The Morgan fingerprint density at radius 3 is 2.33 bits per heavy atom. The minimum absolute atomic E-state index is 0.256. The van der Waals surface area contributed by atoms with E-state index in [4.69, 9.17) is 9.47 Å². The van der Waals surface area contributed by atoms with Crippen molar-refractivity contribution in [1.29, 1.82) is 0 Å². The monoisotopic (exact) mass is 251 g/mol. The van der Waals surface area contributed by atoms with Crippen molar-refractivity contribution in [2.24, 2.45) is 0 Å². The van der Waals surface area contributed by atoms with Crippen LogP contribution in [0.4, 0.5) is 0 Å². The second kappa shape index (κ2) is 7.27. The fourth-order valence-corrected chi connectivity index (χ4v) is 1.85. The van der Waals surface area contributed by atoms with Gasteiger partial charge in [0.15, 0.2) is 11.5 Å². The zero-order chi connectivity index (χ0) is 13.5. The molecule has 0 aliphatic carbocycles. The lowest BCUT2D eigenvalue weighted by Crippen LogP contribution is -2.15. The summed E-state index contributed by atoms with van der Waals surface area (Å²) in [4.78, 5) is 0. The Labute approximate surface area is 110 Å². The van der Waals surface area contributed by atoms with Crippen LogP contribution in [-0.2, 0) is 0 Å². The first-order valence-electron chi connectivity index (χ1n) is 6.68. The van der Waals surface area contributed by atoms with E-state index in [1.54, 1.807) is 7.11 Å². The van der Waals surface area contributed by atoms with E-state index in [9.17, 15) is 0 Å². The van der Waals surface area contributed by atoms with Gasteiger partial charge in [0.25, 0.3) is 0 Å². The predicted molar refractivity (Wildman–Crippen MR) is 75.5 cm³/mol. The van der Waals surface area contributed by atoms with Crippen LogP contribution in [0.3, 0.4) is 0 Å². The number of rotatable bonds is 7. The Bertz CT molecular complexity index is 362. The maximum absolute atomic E-state index is 5.96. The molecule has 0 fully saturated rings. The molecule has 0 radical (unpaired) electrons. The molecule has 1 aromatic rings. The number of ether oxygens (including phenoxy) is 2. The van der Waals surface area contributed by atoms with E-state index in [-0.39, 0.29) is 6.10 Å². The summed E-state index contributed by atoms with van der Waals surface area (Å²) in [5.74, 6) is 1.64. The third kappa shape index (κ3) is 3.64. The van der Waals surface area contributed by atoms with Gasteiger partial charge in [-0.15, -0.1) is 0 Å². The van der Waals surface area contributed by atoms with Gasteiger partial charge in [0.1, 0.15) is 0 Å². The van der Waals surface area contributed by atoms with Crippen molar-refractivity contribution in [3.05, 3.63) is 23.8 Å². The summed E-state index contributed by atoms with van der Waals surface area (Å²) in [5, 5.41) is 3.22. The molecule has 1 unspecified atom stereocenters. The zero-order valence-electron chi connectivity index (χ0n) is 12.1.